The Bertz CT molecular complexity index is 447. The largest absolute Gasteiger partial charge is 0.356 e. The standard InChI is InChI=1S/C15H22BrN3O/c1-11(2)15(20)18-8-12-4-3-7-19(10-12)14-6-5-13(16)9-17-14/h5-6,9,11-12H,3-4,7-8,10H2,1-2H3,(H,18,20). The van der Waals surface area contributed by atoms with Crippen LogP contribution in [-0.2, 0) is 4.79 Å². The maximum Gasteiger partial charge on any atom is 0.222 e. The summed E-state index contributed by atoms with van der Waals surface area (Å²) < 4.78 is 0.999. The molecule has 0 saturated carbocycles. The highest BCUT2D eigenvalue weighted by Gasteiger charge is 2.21. The lowest BCUT2D eigenvalue weighted by Gasteiger charge is -2.33. The minimum atomic E-state index is 0.0582. The smallest absolute Gasteiger partial charge is 0.222 e. The van der Waals surface area contributed by atoms with Crippen molar-refractivity contribution in [1.29, 1.82) is 0 Å². The summed E-state index contributed by atoms with van der Waals surface area (Å²) in [6, 6.07) is 4.06. The van der Waals surface area contributed by atoms with E-state index in [1.165, 1.54) is 6.42 Å². The van der Waals surface area contributed by atoms with Gasteiger partial charge in [0.15, 0.2) is 0 Å². The lowest BCUT2D eigenvalue weighted by Crippen LogP contribution is -2.42. The zero-order chi connectivity index (χ0) is 14.5. The molecule has 1 atom stereocenters. The number of pyridine rings is 1. The van der Waals surface area contributed by atoms with E-state index in [9.17, 15) is 4.79 Å². The molecule has 0 spiro atoms. The Balaban J connectivity index is 1.88. The van der Waals surface area contributed by atoms with Crippen LogP contribution in [-0.4, -0.2) is 30.5 Å². The molecule has 0 aromatic carbocycles. The third-order valence-electron chi connectivity index (χ3n) is 3.64. The molecule has 1 saturated heterocycles. The van der Waals surface area contributed by atoms with Gasteiger partial charge in [0.2, 0.25) is 5.91 Å². The monoisotopic (exact) mass is 339 g/mol. The van der Waals surface area contributed by atoms with Gasteiger partial charge in [0.1, 0.15) is 5.82 Å². The van der Waals surface area contributed by atoms with Gasteiger partial charge in [-0.05, 0) is 46.8 Å². The average molecular weight is 340 g/mol. The molecule has 0 radical (unpaired) electrons. The molecule has 1 unspecified atom stereocenters. The lowest BCUT2D eigenvalue weighted by molar-refractivity contribution is -0.124. The Morgan fingerprint density at radius 3 is 3.00 bits per heavy atom. The predicted molar refractivity (Wildman–Crippen MR) is 84.7 cm³/mol. The molecule has 1 N–H and O–H groups in total. The van der Waals surface area contributed by atoms with Crippen LogP contribution in [0.15, 0.2) is 22.8 Å². The van der Waals surface area contributed by atoms with E-state index in [0.717, 1.165) is 36.3 Å². The summed E-state index contributed by atoms with van der Waals surface area (Å²) in [5.41, 5.74) is 0. The molecule has 1 fully saturated rings. The van der Waals surface area contributed by atoms with Crippen molar-refractivity contribution >= 4 is 27.7 Å². The van der Waals surface area contributed by atoms with Crippen LogP contribution in [0.1, 0.15) is 26.7 Å². The fourth-order valence-electron chi connectivity index (χ4n) is 2.44. The second-order valence-electron chi connectivity index (χ2n) is 5.69. The third kappa shape index (κ3) is 4.20. The molecule has 0 aliphatic carbocycles. The van der Waals surface area contributed by atoms with E-state index < -0.39 is 0 Å². The highest BCUT2D eigenvalue weighted by atomic mass is 79.9. The molecular weight excluding hydrogens is 318 g/mol. The zero-order valence-corrected chi connectivity index (χ0v) is 13.7. The van der Waals surface area contributed by atoms with Gasteiger partial charge in [-0.25, -0.2) is 4.98 Å². The van der Waals surface area contributed by atoms with E-state index in [1.54, 1.807) is 0 Å². The molecule has 1 amide bonds. The quantitative estimate of drug-likeness (QED) is 0.917. The average Bonchev–Trinajstić information content (AvgIpc) is 2.45. The fourth-order valence-corrected chi connectivity index (χ4v) is 2.68. The number of piperidine rings is 1. The van der Waals surface area contributed by atoms with Gasteiger partial charge >= 0.3 is 0 Å². The minimum Gasteiger partial charge on any atom is -0.356 e. The van der Waals surface area contributed by atoms with Gasteiger partial charge in [0.25, 0.3) is 0 Å². The van der Waals surface area contributed by atoms with E-state index >= 15 is 0 Å². The molecule has 1 aromatic rings. The molecule has 1 aliphatic rings. The maximum atomic E-state index is 11.6. The summed E-state index contributed by atoms with van der Waals surface area (Å²) in [6.07, 6.45) is 4.16. The van der Waals surface area contributed by atoms with Gasteiger partial charge in [-0.15, -0.1) is 0 Å². The van der Waals surface area contributed by atoms with Crippen molar-refractivity contribution in [3.8, 4) is 0 Å². The van der Waals surface area contributed by atoms with E-state index in [1.807, 2.05) is 32.2 Å². The molecule has 4 nitrogen and oxygen atoms in total. The summed E-state index contributed by atoms with van der Waals surface area (Å²) in [5, 5.41) is 3.04. The topological polar surface area (TPSA) is 45.2 Å². The highest BCUT2D eigenvalue weighted by molar-refractivity contribution is 9.10. The van der Waals surface area contributed by atoms with Gasteiger partial charge in [-0.2, -0.15) is 0 Å². The number of nitrogens with zero attached hydrogens (tertiary/aromatic N) is 2. The number of rotatable bonds is 4. The van der Waals surface area contributed by atoms with Crippen LogP contribution in [0.4, 0.5) is 5.82 Å². The van der Waals surface area contributed by atoms with Crippen LogP contribution in [0.5, 0.6) is 0 Å². The van der Waals surface area contributed by atoms with Crippen LogP contribution in [0.3, 0.4) is 0 Å². The van der Waals surface area contributed by atoms with Crippen molar-refractivity contribution in [1.82, 2.24) is 10.3 Å². The number of aromatic nitrogens is 1. The van der Waals surface area contributed by atoms with Crippen LogP contribution in [0.25, 0.3) is 0 Å². The summed E-state index contributed by atoms with van der Waals surface area (Å²) in [6.45, 7) is 6.63. The number of hydrogen-bond donors (Lipinski definition) is 1. The molecular formula is C15H22BrN3O. The van der Waals surface area contributed by atoms with Crippen molar-refractivity contribution in [2.45, 2.75) is 26.7 Å². The van der Waals surface area contributed by atoms with Crippen molar-refractivity contribution in [3.05, 3.63) is 22.8 Å². The first kappa shape index (κ1) is 15.3. The Morgan fingerprint density at radius 2 is 2.35 bits per heavy atom. The van der Waals surface area contributed by atoms with Crippen LogP contribution < -0.4 is 10.2 Å². The normalized spacial score (nSPS) is 19.2. The van der Waals surface area contributed by atoms with Gasteiger partial charge < -0.3 is 10.2 Å². The van der Waals surface area contributed by atoms with Gasteiger partial charge in [0, 0.05) is 36.2 Å². The minimum absolute atomic E-state index is 0.0582. The first-order valence-corrected chi connectivity index (χ1v) is 8.00. The lowest BCUT2D eigenvalue weighted by atomic mass is 9.97. The molecule has 2 heterocycles. The molecule has 2 rings (SSSR count). The number of nitrogens with one attached hydrogen (secondary N) is 1. The number of halogens is 1. The van der Waals surface area contributed by atoms with E-state index in [4.69, 9.17) is 0 Å². The summed E-state index contributed by atoms with van der Waals surface area (Å²) in [4.78, 5) is 18.4. The first-order chi connectivity index (χ1) is 9.56. The van der Waals surface area contributed by atoms with E-state index in [-0.39, 0.29) is 11.8 Å². The Labute approximate surface area is 129 Å². The van der Waals surface area contributed by atoms with E-state index in [0.29, 0.717) is 5.92 Å². The SMILES string of the molecule is CC(C)C(=O)NCC1CCCN(c2ccc(Br)cn2)C1. The van der Waals surface area contributed by atoms with E-state index in [2.05, 4.69) is 31.1 Å². The van der Waals surface area contributed by atoms with Crippen molar-refractivity contribution < 1.29 is 4.79 Å². The van der Waals surface area contributed by atoms with Crippen molar-refractivity contribution in [2.24, 2.45) is 11.8 Å². The van der Waals surface area contributed by atoms with Crippen molar-refractivity contribution in [2.75, 3.05) is 24.5 Å². The van der Waals surface area contributed by atoms with Gasteiger partial charge in [-0.1, -0.05) is 13.8 Å². The molecule has 1 aromatic heterocycles. The van der Waals surface area contributed by atoms with Crippen LogP contribution >= 0.6 is 15.9 Å². The Hall–Kier alpha value is -1.10. The maximum absolute atomic E-state index is 11.6. The molecule has 110 valence electrons. The van der Waals surface area contributed by atoms with Crippen molar-refractivity contribution in [3.63, 3.8) is 0 Å². The molecule has 1 aliphatic heterocycles. The highest BCUT2D eigenvalue weighted by Crippen LogP contribution is 2.22. The number of amides is 1. The molecule has 0 bridgehead atoms. The Morgan fingerprint density at radius 1 is 1.55 bits per heavy atom. The second-order valence-corrected chi connectivity index (χ2v) is 6.60. The molecule has 5 heteroatoms. The number of hydrogen-bond acceptors (Lipinski definition) is 3. The number of carbonyl (C=O) groups excluding carboxylic acids is 1. The van der Waals surface area contributed by atoms with Gasteiger partial charge in [-0.3, -0.25) is 4.79 Å². The van der Waals surface area contributed by atoms with Crippen LogP contribution in [0, 0.1) is 11.8 Å². The fraction of sp³-hybridized carbons (Fsp3) is 0.600. The zero-order valence-electron chi connectivity index (χ0n) is 12.1. The number of anilines is 1. The van der Waals surface area contributed by atoms with Crippen LogP contribution in [0.2, 0.25) is 0 Å². The Kier molecular flexibility index (Phi) is 5.40. The predicted octanol–water partition coefficient (Wildman–Crippen LogP) is 2.83. The third-order valence-corrected chi connectivity index (χ3v) is 4.11. The summed E-state index contributed by atoms with van der Waals surface area (Å²) in [5.74, 6) is 1.73. The van der Waals surface area contributed by atoms with Gasteiger partial charge in [0.05, 0.1) is 0 Å². The first-order valence-electron chi connectivity index (χ1n) is 7.20. The summed E-state index contributed by atoms with van der Waals surface area (Å²) >= 11 is 3.41. The second kappa shape index (κ2) is 7.07. The molecule has 20 heavy (non-hydrogen) atoms. The summed E-state index contributed by atoms with van der Waals surface area (Å²) in [7, 11) is 0. The number of carbonyl (C=O) groups is 1.